The van der Waals surface area contributed by atoms with Crippen molar-refractivity contribution in [2.45, 2.75) is 26.2 Å². The van der Waals surface area contributed by atoms with Crippen LogP contribution in [0.2, 0.25) is 0 Å². The minimum absolute atomic E-state index is 0.0523. The van der Waals surface area contributed by atoms with Gasteiger partial charge in [0.25, 0.3) is 11.6 Å². The third-order valence-electron chi connectivity index (χ3n) is 4.36. The molecule has 7 nitrogen and oxygen atoms in total. The van der Waals surface area contributed by atoms with Crippen molar-refractivity contribution in [3.05, 3.63) is 68.8 Å². The molecule has 134 valence electrons. The first-order valence-electron chi connectivity index (χ1n) is 8.28. The SMILES string of the molecule is Cc1cc([N+](=O)[O-])ccc1NC(=O)COC(=O)c1ccc2c(c1)CCC2. The van der Waals surface area contributed by atoms with Gasteiger partial charge in [-0.1, -0.05) is 6.07 Å². The van der Waals surface area contributed by atoms with E-state index in [4.69, 9.17) is 4.74 Å². The highest BCUT2D eigenvalue weighted by Gasteiger charge is 2.16. The van der Waals surface area contributed by atoms with Crippen LogP contribution in [0.5, 0.6) is 0 Å². The molecule has 0 saturated carbocycles. The van der Waals surface area contributed by atoms with Crippen molar-refractivity contribution < 1.29 is 19.2 Å². The Kier molecular flexibility index (Phi) is 4.97. The minimum Gasteiger partial charge on any atom is -0.452 e. The Morgan fingerprint density at radius 1 is 1.15 bits per heavy atom. The predicted molar refractivity (Wildman–Crippen MR) is 95.2 cm³/mol. The normalized spacial score (nSPS) is 12.3. The number of hydrogen-bond acceptors (Lipinski definition) is 5. The molecular formula is C19H18N2O5. The molecule has 0 bridgehead atoms. The summed E-state index contributed by atoms with van der Waals surface area (Å²) >= 11 is 0. The van der Waals surface area contributed by atoms with Crippen molar-refractivity contribution in [1.29, 1.82) is 0 Å². The highest BCUT2D eigenvalue weighted by molar-refractivity contribution is 5.96. The Balaban J connectivity index is 1.57. The van der Waals surface area contributed by atoms with Gasteiger partial charge in [0.2, 0.25) is 0 Å². The van der Waals surface area contributed by atoms with Gasteiger partial charge in [-0.15, -0.1) is 0 Å². The molecule has 1 amide bonds. The Morgan fingerprint density at radius 3 is 2.65 bits per heavy atom. The molecule has 26 heavy (non-hydrogen) atoms. The van der Waals surface area contributed by atoms with E-state index in [1.54, 1.807) is 13.0 Å². The number of nitrogens with one attached hydrogen (secondary N) is 1. The van der Waals surface area contributed by atoms with Crippen LogP contribution in [-0.4, -0.2) is 23.4 Å². The zero-order valence-electron chi connectivity index (χ0n) is 14.3. The quantitative estimate of drug-likeness (QED) is 0.505. The highest BCUT2D eigenvalue weighted by atomic mass is 16.6. The van der Waals surface area contributed by atoms with Gasteiger partial charge >= 0.3 is 5.97 Å². The molecule has 1 N–H and O–H groups in total. The van der Waals surface area contributed by atoms with E-state index in [2.05, 4.69) is 5.32 Å². The van der Waals surface area contributed by atoms with Crippen LogP contribution in [0, 0.1) is 17.0 Å². The number of anilines is 1. The maximum atomic E-state index is 12.1. The summed E-state index contributed by atoms with van der Waals surface area (Å²) in [5.41, 5.74) is 3.79. The molecule has 0 aromatic heterocycles. The smallest absolute Gasteiger partial charge is 0.338 e. The molecule has 2 aromatic rings. The van der Waals surface area contributed by atoms with Crippen LogP contribution in [-0.2, 0) is 22.4 Å². The molecule has 0 heterocycles. The Bertz CT molecular complexity index is 891. The lowest BCUT2D eigenvalue weighted by Crippen LogP contribution is -2.21. The number of carbonyl (C=O) groups is 2. The molecule has 3 rings (SSSR count). The highest BCUT2D eigenvalue weighted by Crippen LogP contribution is 2.23. The van der Waals surface area contributed by atoms with Gasteiger partial charge in [-0.25, -0.2) is 4.79 Å². The summed E-state index contributed by atoms with van der Waals surface area (Å²) in [6.07, 6.45) is 3.07. The van der Waals surface area contributed by atoms with E-state index in [0.29, 0.717) is 16.8 Å². The summed E-state index contributed by atoms with van der Waals surface area (Å²) in [6.45, 7) is 1.23. The van der Waals surface area contributed by atoms with Crippen LogP contribution in [0.25, 0.3) is 0 Å². The van der Waals surface area contributed by atoms with E-state index in [1.807, 2.05) is 12.1 Å². The Morgan fingerprint density at radius 2 is 1.92 bits per heavy atom. The van der Waals surface area contributed by atoms with Crippen molar-refractivity contribution in [3.8, 4) is 0 Å². The number of nitrogens with zero attached hydrogens (tertiary/aromatic N) is 1. The summed E-state index contributed by atoms with van der Waals surface area (Å²) < 4.78 is 5.06. The van der Waals surface area contributed by atoms with Gasteiger partial charge in [-0.05, 0) is 61.1 Å². The molecule has 1 aliphatic carbocycles. The molecular weight excluding hydrogens is 336 g/mol. The number of non-ortho nitro benzene ring substituents is 1. The summed E-state index contributed by atoms with van der Waals surface area (Å²) in [7, 11) is 0. The van der Waals surface area contributed by atoms with E-state index in [0.717, 1.165) is 24.8 Å². The van der Waals surface area contributed by atoms with Gasteiger partial charge in [0, 0.05) is 17.8 Å². The minimum atomic E-state index is -0.546. The second-order valence-electron chi connectivity index (χ2n) is 6.22. The summed E-state index contributed by atoms with van der Waals surface area (Å²) in [6, 6.07) is 9.59. The number of hydrogen-bond donors (Lipinski definition) is 1. The summed E-state index contributed by atoms with van der Waals surface area (Å²) in [4.78, 5) is 34.3. The second kappa shape index (κ2) is 7.35. The first kappa shape index (κ1) is 17.6. The lowest BCUT2D eigenvalue weighted by atomic mass is 10.1. The zero-order chi connectivity index (χ0) is 18.7. The monoisotopic (exact) mass is 354 g/mol. The Hall–Kier alpha value is -3.22. The average Bonchev–Trinajstić information content (AvgIpc) is 3.09. The Labute approximate surface area is 150 Å². The zero-order valence-corrected chi connectivity index (χ0v) is 14.3. The van der Waals surface area contributed by atoms with E-state index in [1.165, 1.54) is 23.8 Å². The third-order valence-corrected chi connectivity index (χ3v) is 4.36. The van der Waals surface area contributed by atoms with E-state index >= 15 is 0 Å². The predicted octanol–water partition coefficient (Wildman–Crippen LogP) is 3.19. The van der Waals surface area contributed by atoms with Crippen LogP contribution in [0.1, 0.15) is 33.5 Å². The fourth-order valence-electron chi connectivity index (χ4n) is 3.00. The molecule has 0 saturated heterocycles. The molecule has 0 radical (unpaired) electrons. The molecule has 2 aromatic carbocycles. The largest absolute Gasteiger partial charge is 0.452 e. The van der Waals surface area contributed by atoms with Crippen molar-refractivity contribution >= 4 is 23.3 Å². The maximum Gasteiger partial charge on any atom is 0.338 e. The van der Waals surface area contributed by atoms with Gasteiger partial charge in [-0.3, -0.25) is 14.9 Å². The second-order valence-corrected chi connectivity index (χ2v) is 6.22. The van der Waals surface area contributed by atoms with Gasteiger partial charge < -0.3 is 10.1 Å². The topological polar surface area (TPSA) is 98.5 Å². The number of nitro groups is 1. The molecule has 1 aliphatic rings. The number of benzene rings is 2. The van der Waals surface area contributed by atoms with Crippen LogP contribution in [0.3, 0.4) is 0 Å². The van der Waals surface area contributed by atoms with Crippen LogP contribution in [0.4, 0.5) is 11.4 Å². The third kappa shape index (κ3) is 3.88. The fraction of sp³-hybridized carbons (Fsp3) is 0.263. The molecule has 0 spiro atoms. The molecule has 0 atom stereocenters. The van der Waals surface area contributed by atoms with Crippen LogP contribution in [0.15, 0.2) is 36.4 Å². The van der Waals surface area contributed by atoms with E-state index < -0.39 is 23.4 Å². The number of rotatable bonds is 5. The summed E-state index contributed by atoms with van der Waals surface area (Å²) in [5.74, 6) is -1.05. The first-order valence-corrected chi connectivity index (χ1v) is 8.28. The standard InChI is InChI=1S/C19H18N2O5/c1-12-9-16(21(24)25)7-8-17(12)20-18(22)11-26-19(23)15-6-5-13-3-2-4-14(13)10-15/h5-10H,2-4,11H2,1H3,(H,20,22). The number of amides is 1. The summed E-state index contributed by atoms with van der Waals surface area (Å²) in [5, 5.41) is 13.3. The number of aryl methyl sites for hydroxylation is 3. The van der Waals surface area contributed by atoms with Gasteiger partial charge in [0.1, 0.15) is 0 Å². The van der Waals surface area contributed by atoms with Crippen molar-refractivity contribution in [3.63, 3.8) is 0 Å². The fourth-order valence-corrected chi connectivity index (χ4v) is 3.00. The van der Waals surface area contributed by atoms with Crippen molar-refractivity contribution in [2.24, 2.45) is 0 Å². The van der Waals surface area contributed by atoms with E-state index in [9.17, 15) is 19.7 Å². The first-order chi connectivity index (χ1) is 12.4. The van der Waals surface area contributed by atoms with Gasteiger partial charge in [0.15, 0.2) is 6.61 Å². The molecule has 0 aliphatic heterocycles. The number of ether oxygens (including phenoxy) is 1. The number of esters is 1. The van der Waals surface area contributed by atoms with Crippen LogP contribution >= 0.6 is 0 Å². The average molecular weight is 354 g/mol. The number of fused-ring (bicyclic) bond motifs is 1. The number of nitro benzene ring substituents is 1. The lowest BCUT2D eigenvalue weighted by molar-refractivity contribution is -0.384. The van der Waals surface area contributed by atoms with E-state index in [-0.39, 0.29) is 5.69 Å². The van der Waals surface area contributed by atoms with Crippen molar-refractivity contribution in [1.82, 2.24) is 0 Å². The lowest BCUT2D eigenvalue weighted by Gasteiger charge is -2.09. The van der Waals surface area contributed by atoms with Gasteiger partial charge in [0.05, 0.1) is 10.5 Å². The maximum absolute atomic E-state index is 12.1. The molecule has 0 unspecified atom stereocenters. The molecule has 7 heteroatoms. The molecule has 0 fully saturated rings. The van der Waals surface area contributed by atoms with Gasteiger partial charge in [-0.2, -0.15) is 0 Å². The van der Waals surface area contributed by atoms with Crippen molar-refractivity contribution in [2.75, 3.05) is 11.9 Å². The number of carbonyl (C=O) groups excluding carboxylic acids is 2. The van der Waals surface area contributed by atoms with Crippen LogP contribution < -0.4 is 5.32 Å².